The van der Waals surface area contributed by atoms with Gasteiger partial charge >= 0.3 is 5.97 Å². The molecule has 0 unspecified atom stereocenters. The molecule has 0 aromatic heterocycles. The third kappa shape index (κ3) is 2.45. The first-order chi connectivity index (χ1) is 6.08. The first-order valence-electron chi connectivity index (χ1n) is 5.31. The summed E-state index contributed by atoms with van der Waals surface area (Å²) >= 11 is 0. The van der Waals surface area contributed by atoms with E-state index in [1.165, 1.54) is 19.3 Å². The van der Waals surface area contributed by atoms with E-state index in [0.29, 0.717) is 0 Å². The molecular formula is C11H20O2. The second-order valence-electron chi connectivity index (χ2n) is 4.43. The predicted octanol–water partition coefficient (Wildman–Crippen LogP) is 2.91. The van der Waals surface area contributed by atoms with E-state index in [0.717, 1.165) is 12.8 Å². The summed E-state index contributed by atoms with van der Waals surface area (Å²) < 4.78 is 5.06. The monoisotopic (exact) mass is 184 g/mol. The van der Waals surface area contributed by atoms with Crippen molar-refractivity contribution in [3.05, 3.63) is 0 Å². The van der Waals surface area contributed by atoms with Gasteiger partial charge in [0.15, 0.2) is 0 Å². The van der Waals surface area contributed by atoms with Crippen LogP contribution in [0.4, 0.5) is 0 Å². The molecule has 0 aromatic carbocycles. The minimum atomic E-state index is -0.191. The Hall–Kier alpha value is -0.530. The van der Waals surface area contributed by atoms with Crippen LogP contribution in [0.2, 0.25) is 0 Å². The maximum Gasteiger partial charge on any atom is 0.313 e. The Kier molecular flexibility index (Phi) is 3.34. The Morgan fingerprint density at radius 3 is 2.46 bits per heavy atom. The lowest BCUT2D eigenvalue weighted by Gasteiger charge is -2.42. The van der Waals surface area contributed by atoms with Crippen molar-refractivity contribution >= 4 is 5.97 Å². The molecule has 76 valence electrons. The molecule has 1 aliphatic rings. The zero-order valence-electron chi connectivity index (χ0n) is 8.93. The van der Waals surface area contributed by atoms with Crippen LogP contribution in [0.25, 0.3) is 0 Å². The molecule has 0 saturated carbocycles. The van der Waals surface area contributed by atoms with Crippen LogP contribution in [0.15, 0.2) is 0 Å². The van der Waals surface area contributed by atoms with Crippen molar-refractivity contribution in [3.8, 4) is 0 Å². The van der Waals surface area contributed by atoms with E-state index in [1.807, 2.05) is 13.8 Å². The number of hydrogen-bond donors (Lipinski definition) is 0. The third-order valence-electron chi connectivity index (χ3n) is 2.83. The maximum atomic E-state index is 11.1. The van der Waals surface area contributed by atoms with Gasteiger partial charge in [0.1, 0.15) is 5.60 Å². The molecule has 1 rings (SSSR count). The van der Waals surface area contributed by atoms with E-state index in [2.05, 4.69) is 6.92 Å². The number of carbonyl (C=O) groups excluding carboxylic acids is 1. The summed E-state index contributed by atoms with van der Waals surface area (Å²) in [5.74, 6) is 0.158. The molecule has 1 saturated heterocycles. The number of unbranched alkanes of at least 4 members (excludes halogenated alkanes) is 3. The number of cyclic esters (lactones) is 1. The molecule has 1 fully saturated rings. The molecule has 0 spiro atoms. The molecule has 2 heteroatoms. The number of ether oxygens (including phenoxy) is 1. The van der Waals surface area contributed by atoms with Crippen molar-refractivity contribution in [2.75, 3.05) is 0 Å². The highest BCUT2D eigenvalue weighted by atomic mass is 16.6. The average molecular weight is 184 g/mol. The average Bonchev–Trinajstić information content (AvgIpc) is 2.03. The van der Waals surface area contributed by atoms with Gasteiger partial charge < -0.3 is 4.74 Å². The Morgan fingerprint density at radius 2 is 2.00 bits per heavy atom. The lowest BCUT2D eigenvalue weighted by atomic mass is 9.81. The first kappa shape index (κ1) is 10.6. The minimum absolute atomic E-state index is 0.00139. The van der Waals surface area contributed by atoms with Crippen LogP contribution in [0, 0.1) is 5.92 Å². The predicted molar refractivity (Wildman–Crippen MR) is 52.4 cm³/mol. The van der Waals surface area contributed by atoms with Crippen molar-refractivity contribution < 1.29 is 9.53 Å². The molecule has 0 bridgehead atoms. The van der Waals surface area contributed by atoms with Crippen molar-refractivity contribution in [2.24, 2.45) is 5.92 Å². The van der Waals surface area contributed by atoms with Crippen molar-refractivity contribution in [1.29, 1.82) is 0 Å². The lowest BCUT2D eigenvalue weighted by molar-refractivity contribution is -0.205. The Labute approximate surface area is 80.7 Å². The number of rotatable bonds is 5. The standard InChI is InChI=1S/C11H20O2/c1-4-5-6-7-8-9-10(12)13-11(9,2)3/h9H,4-8H2,1-3H3/t9-/m1/s1. The highest BCUT2D eigenvalue weighted by Gasteiger charge is 2.48. The van der Waals surface area contributed by atoms with E-state index < -0.39 is 0 Å². The van der Waals surface area contributed by atoms with Crippen LogP contribution in [0.3, 0.4) is 0 Å². The van der Waals surface area contributed by atoms with Gasteiger partial charge in [-0.15, -0.1) is 0 Å². The van der Waals surface area contributed by atoms with Crippen molar-refractivity contribution in [2.45, 2.75) is 58.5 Å². The van der Waals surface area contributed by atoms with Gasteiger partial charge in [-0.05, 0) is 20.3 Å². The highest BCUT2D eigenvalue weighted by molar-refractivity contribution is 5.79. The van der Waals surface area contributed by atoms with Gasteiger partial charge in [-0.25, -0.2) is 0 Å². The Bertz CT molecular complexity index is 185. The van der Waals surface area contributed by atoms with Crippen LogP contribution in [0.5, 0.6) is 0 Å². The van der Waals surface area contributed by atoms with Crippen molar-refractivity contribution in [1.82, 2.24) is 0 Å². The largest absolute Gasteiger partial charge is 0.458 e. The number of carbonyl (C=O) groups is 1. The lowest BCUT2D eigenvalue weighted by Crippen LogP contribution is -2.53. The second kappa shape index (κ2) is 4.12. The fraction of sp³-hybridized carbons (Fsp3) is 0.909. The molecule has 13 heavy (non-hydrogen) atoms. The van der Waals surface area contributed by atoms with Gasteiger partial charge in [0.25, 0.3) is 0 Å². The molecule has 2 nitrogen and oxygen atoms in total. The summed E-state index contributed by atoms with van der Waals surface area (Å²) in [4.78, 5) is 11.1. The summed E-state index contributed by atoms with van der Waals surface area (Å²) in [5.41, 5.74) is -0.191. The topological polar surface area (TPSA) is 26.3 Å². The van der Waals surface area contributed by atoms with E-state index >= 15 is 0 Å². The normalized spacial score (nSPS) is 25.2. The molecule has 1 aliphatic heterocycles. The van der Waals surface area contributed by atoms with E-state index in [4.69, 9.17) is 4.74 Å². The molecular weight excluding hydrogens is 164 g/mol. The summed E-state index contributed by atoms with van der Waals surface area (Å²) in [6.45, 7) is 6.19. The Balaban J connectivity index is 2.17. The first-order valence-corrected chi connectivity index (χ1v) is 5.31. The number of hydrogen-bond acceptors (Lipinski definition) is 2. The van der Waals surface area contributed by atoms with Gasteiger partial charge in [-0.1, -0.05) is 32.6 Å². The second-order valence-corrected chi connectivity index (χ2v) is 4.43. The van der Waals surface area contributed by atoms with E-state index in [-0.39, 0.29) is 17.5 Å². The van der Waals surface area contributed by atoms with Gasteiger partial charge in [-0.2, -0.15) is 0 Å². The molecule has 1 atom stereocenters. The van der Waals surface area contributed by atoms with Gasteiger partial charge in [0, 0.05) is 0 Å². The third-order valence-corrected chi connectivity index (χ3v) is 2.83. The fourth-order valence-electron chi connectivity index (χ4n) is 1.87. The summed E-state index contributed by atoms with van der Waals surface area (Å²) in [6, 6.07) is 0. The van der Waals surface area contributed by atoms with Gasteiger partial charge in [0.2, 0.25) is 0 Å². The van der Waals surface area contributed by atoms with Crippen LogP contribution in [0.1, 0.15) is 52.9 Å². The molecule has 0 radical (unpaired) electrons. The van der Waals surface area contributed by atoms with Crippen LogP contribution in [-0.2, 0) is 9.53 Å². The SMILES string of the molecule is CCCCCC[C@@H]1C(=O)OC1(C)C. The zero-order chi connectivity index (χ0) is 9.90. The summed E-state index contributed by atoms with van der Waals surface area (Å²) in [7, 11) is 0. The molecule has 1 heterocycles. The smallest absolute Gasteiger partial charge is 0.313 e. The summed E-state index contributed by atoms with van der Waals surface area (Å²) in [6.07, 6.45) is 5.94. The Morgan fingerprint density at radius 1 is 1.31 bits per heavy atom. The van der Waals surface area contributed by atoms with Gasteiger partial charge in [0.05, 0.1) is 5.92 Å². The highest BCUT2D eigenvalue weighted by Crippen LogP contribution is 2.37. The van der Waals surface area contributed by atoms with Crippen LogP contribution >= 0.6 is 0 Å². The van der Waals surface area contributed by atoms with Crippen LogP contribution in [-0.4, -0.2) is 11.6 Å². The van der Waals surface area contributed by atoms with Crippen LogP contribution < -0.4 is 0 Å². The van der Waals surface area contributed by atoms with Gasteiger partial charge in [-0.3, -0.25) is 4.79 Å². The summed E-state index contributed by atoms with van der Waals surface area (Å²) in [5, 5.41) is 0. The quantitative estimate of drug-likeness (QED) is 0.485. The maximum absolute atomic E-state index is 11.1. The van der Waals surface area contributed by atoms with E-state index in [9.17, 15) is 4.79 Å². The molecule has 0 aliphatic carbocycles. The molecule has 0 aromatic rings. The molecule has 0 amide bonds. The number of esters is 1. The van der Waals surface area contributed by atoms with Crippen molar-refractivity contribution in [3.63, 3.8) is 0 Å². The fourth-order valence-corrected chi connectivity index (χ4v) is 1.87. The molecule has 0 N–H and O–H groups in total. The zero-order valence-corrected chi connectivity index (χ0v) is 8.93. The minimum Gasteiger partial charge on any atom is -0.458 e. The van der Waals surface area contributed by atoms with E-state index in [1.54, 1.807) is 0 Å².